The highest BCUT2D eigenvalue weighted by molar-refractivity contribution is 4.94. The normalized spacial score (nSPS) is 35.6. The molecule has 1 aliphatic carbocycles. The van der Waals surface area contributed by atoms with Gasteiger partial charge in [0.15, 0.2) is 0 Å². The summed E-state index contributed by atoms with van der Waals surface area (Å²) in [6.07, 6.45) is 1.21. The molecule has 0 aromatic rings. The van der Waals surface area contributed by atoms with E-state index in [1.807, 2.05) is 0 Å². The van der Waals surface area contributed by atoms with Crippen molar-refractivity contribution in [2.75, 3.05) is 6.61 Å². The first-order valence-corrected chi connectivity index (χ1v) is 2.77. The van der Waals surface area contributed by atoms with Crippen LogP contribution in [0.3, 0.4) is 0 Å². The van der Waals surface area contributed by atoms with E-state index in [-0.39, 0.29) is 0 Å². The van der Waals surface area contributed by atoms with E-state index in [0.717, 1.165) is 0 Å². The molecule has 0 spiro atoms. The highest BCUT2D eigenvalue weighted by atomic mass is 16.3. The molecule has 1 rings (SSSR count). The van der Waals surface area contributed by atoms with Crippen molar-refractivity contribution in [2.24, 2.45) is 11.3 Å². The summed E-state index contributed by atoms with van der Waals surface area (Å²) in [5.74, 6) is 0.604. The van der Waals surface area contributed by atoms with Gasteiger partial charge in [0.1, 0.15) is 0 Å². The molecule has 7 heavy (non-hydrogen) atoms. The van der Waals surface area contributed by atoms with E-state index >= 15 is 0 Å². The molecule has 0 aliphatic heterocycles. The Morgan fingerprint density at radius 1 is 1.71 bits per heavy atom. The van der Waals surface area contributed by atoms with Gasteiger partial charge >= 0.3 is 0 Å². The van der Waals surface area contributed by atoms with Crippen molar-refractivity contribution in [3.63, 3.8) is 0 Å². The van der Waals surface area contributed by atoms with Gasteiger partial charge in [-0.05, 0) is 17.8 Å². The second kappa shape index (κ2) is 1.22. The van der Waals surface area contributed by atoms with Crippen LogP contribution >= 0.6 is 0 Å². The summed E-state index contributed by atoms with van der Waals surface area (Å²) in [6.45, 7) is 4.76. The first-order chi connectivity index (χ1) is 3.17. The zero-order valence-electron chi connectivity index (χ0n) is 4.94. The lowest BCUT2D eigenvalue weighted by Gasteiger charge is -1.95. The van der Waals surface area contributed by atoms with Gasteiger partial charge in [-0.25, -0.2) is 0 Å². The largest absolute Gasteiger partial charge is 0.396 e. The van der Waals surface area contributed by atoms with Crippen LogP contribution in [-0.2, 0) is 0 Å². The topological polar surface area (TPSA) is 20.2 Å². The fourth-order valence-electron chi connectivity index (χ4n) is 0.888. The quantitative estimate of drug-likeness (QED) is 0.521. The molecule has 1 saturated carbocycles. The van der Waals surface area contributed by atoms with E-state index in [1.54, 1.807) is 0 Å². The average molecular weight is 100 g/mol. The number of rotatable bonds is 1. The third-order valence-corrected chi connectivity index (χ3v) is 1.94. The molecule has 0 radical (unpaired) electrons. The van der Waals surface area contributed by atoms with E-state index in [9.17, 15) is 0 Å². The smallest absolute Gasteiger partial charge is 0.0464 e. The minimum absolute atomic E-state index is 0.382. The summed E-state index contributed by atoms with van der Waals surface area (Å²) in [6, 6.07) is 0. The lowest BCUT2D eigenvalue weighted by molar-refractivity contribution is 0.257. The summed E-state index contributed by atoms with van der Waals surface area (Å²) in [5, 5.41) is 8.54. The first kappa shape index (κ1) is 5.10. The molecule has 0 saturated heterocycles. The zero-order chi connectivity index (χ0) is 5.49. The van der Waals surface area contributed by atoms with Gasteiger partial charge in [0.05, 0.1) is 0 Å². The Hall–Kier alpha value is -0.0400. The molecule has 1 aliphatic rings. The van der Waals surface area contributed by atoms with E-state index in [1.165, 1.54) is 6.42 Å². The average Bonchev–Trinajstić information content (AvgIpc) is 2.13. The molecule has 1 fully saturated rings. The fraction of sp³-hybridized carbons (Fsp3) is 1.00. The third-order valence-electron chi connectivity index (χ3n) is 1.94. The fourth-order valence-corrected chi connectivity index (χ4v) is 0.888. The van der Waals surface area contributed by atoms with Crippen LogP contribution in [0.2, 0.25) is 0 Å². The SMILES string of the molecule is CC1(C)C[C@H]1CO. The van der Waals surface area contributed by atoms with Crippen LogP contribution in [-0.4, -0.2) is 11.7 Å². The summed E-state index contributed by atoms with van der Waals surface area (Å²) in [5.41, 5.74) is 0.467. The van der Waals surface area contributed by atoms with Gasteiger partial charge in [0.2, 0.25) is 0 Å². The van der Waals surface area contributed by atoms with Crippen molar-refractivity contribution in [1.29, 1.82) is 0 Å². The number of hydrogen-bond donors (Lipinski definition) is 1. The molecule has 1 atom stereocenters. The molecule has 1 N–H and O–H groups in total. The van der Waals surface area contributed by atoms with Crippen molar-refractivity contribution >= 4 is 0 Å². The Morgan fingerprint density at radius 3 is 2.14 bits per heavy atom. The van der Waals surface area contributed by atoms with Crippen LogP contribution < -0.4 is 0 Å². The van der Waals surface area contributed by atoms with Gasteiger partial charge in [0, 0.05) is 6.61 Å². The zero-order valence-corrected chi connectivity index (χ0v) is 4.94. The van der Waals surface area contributed by atoms with Gasteiger partial charge in [-0.2, -0.15) is 0 Å². The van der Waals surface area contributed by atoms with Gasteiger partial charge in [0.25, 0.3) is 0 Å². The van der Waals surface area contributed by atoms with Crippen molar-refractivity contribution < 1.29 is 5.11 Å². The Balaban J connectivity index is 2.30. The van der Waals surface area contributed by atoms with Crippen molar-refractivity contribution in [1.82, 2.24) is 0 Å². The van der Waals surface area contributed by atoms with E-state index in [2.05, 4.69) is 13.8 Å². The first-order valence-electron chi connectivity index (χ1n) is 2.77. The number of aliphatic hydroxyl groups excluding tert-OH is 1. The molecule has 1 heteroatoms. The van der Waals surface area contributed by atoms with Crippen molar-refractivity contribution in [3.8, 4) is 0 Å². The molecule has 0 amide bonds. The predicted octanol–water partition coefficient (Wildman–Crippen LogP) is 1.02. The lowest BCUT2D eigenvalue weighted by atomic mass is 10.1. The molecule has 0 heterocycles. The minimum atomic E-state index is 0.382. The molecule has 1 nitrogen and oxygen atoms in total. The predicted molar refractivity (Wildman–Crippen MR) is 29.0 cm³/mol. The summed E-state index contributed by atoms with van der Waals surface area (Å²) in [7, 11) is 0. The van der Waals surface area contributed by atoms with E-state index in [0.29, 0.717) is 17.9 Å². The summed E-state index contributed by atoms with van der Waals surface area (Å²) in [4.78, 5) is 0. The van der Waals surface area contributed by atoms with Crippen LogP contribution in [0.15, 0.2) is 0 Å². The van der Waals surface area contributed by atoms with Crippen molar-refractivity contribution in [2.45, 2.75) is 20.3 Å². The Morgan fingerprint density at radius 2 is 2.14 bits per heavy atom. The monoisotopic (exact) mass is 100 g/mol. The van der Waals surface area contributed by atoms with Gasteiger partial charge in [-0.1, -0.05) is 13.8 Å². The van der Waals surface area contributed by atoms with Crippen LogP contribution in [0.4, 0.5) is 0 Å². The minimum Gasteiger partial charge on any atom is -0.396 e. The van der Waals surface area contributed by atoms with E-state index < -0.39 is 0 Å². The molecule has 0 bridgehead atoms. The van der Waals surface area contributed by atoms with Gasteiger partial charge < -0.3 is 5.11 Å². The third kappa shape index (κ3) is 0.778. The Labute approximate surface area is 44.4 Å². The van der Waals surface area contributed by atoms with Gasteiger partial charge in [-0.15, -0.1) is 0 Å². The Kier molecular flexibility index (Phi) is 0.890. The highest BCUT2D eigenvalue weighted by Gasteiger charge is 2.44. The molecule has 0 unspecified atom stereocenters. The van der Waals surface area contributed by atoms with Crippen molar-refractivity contribution in [3.05, 3.63) is 0 Å². The summed E-state index contributed by atoms with van der Waals surface area (Å²) < 4.78 is 0. The van der Waals surface area contributed by atoms with Crippen LogP contribution in [0, 0.1) is 11.3 Å². The number of hydrogen-bond acceptors (Lipinski definition) is 1. The Bertz CT molecular complexity index is 76.2. The molecule has 0 aromatic carbocycles. The second-order valence-corrected chi connectivity index (χ2v) is 3.07. The van der Waals surface area contributed by atoms with Crippen LogP contribution in [0.25, 0.3) is 0 Å². The van der Waals surface area contributed by atoms with Crippen LogP contribution in [0.5, 0.6) is 0 Å². The van der Waals surface area contributed by atoms with E-state index in [4.69, 9.17) is 5.11 Å². The molecule has 42 valence electrons. The number of aliphatic hydroxyl groups is 1. The summed E-state index contributed by atoms with van der Waals surface area (Å²) >= 11 is 0. The van der Waals surface area contributed by atoms with Crippen LogP contribution in [0.1, 0.15) is 20.3 Å². The van der Waals surface area contributed by atoms with Gasteiger partial charge in [-0.3, -0.25) is 0 Å². The lowest BCUT2D eigenvalue weighted by Crippen LogP contribution is -1.93. The standard InChI is InChI=1S/C6H12O/c1-6(2)3-5(6)4-7/h5,7H,3-4H2,1-2H3/t5-/m0/s1. The molecular weight excluding hydrogens is 88.1 g/mol. The highest BCUT2D eigenvalue weighted by Crippen LogP contribution is 2.50. The maximum absolute atomic E-state index is 8.54. The maximum atomic E-state index is 8.54. The maximum Gasteiger partial charge on any atom is 0.0464 e. The second-order valence-electron chi connectivity index (χ2n) is 3.07. The molecule has 0 aromatic heterocycles. The molecular formula is C6H12O.